The number of rotatable bonds is 9. The molecule has 0 saturated carbocycles. The number of hydrogen-bond acceptors (Lipinski definition) is 2. The molecule has 0 aliphatic heterocycles. The lowest BCUT2D eigenvalue weighted by atomic mass is 9.98. The Morgan fingerprint density at radius 3 is 1.77 bits per heavy atom. The number of carbonyl (C=O) groups is 1. The number of amides is 1. The third-order valence-corrected chi connectivity index (χ3v) is 4.07. The molecule has 0 fully saturated rings. The van der Waals surface area contributed by atoms with E-state index in [1.807, 2.05) is 0 Å². The summed E-state index contributed by atoms with van der Waals surface area (Å²) in [7, 11) is 0. The summed E-state index contributed by atoms with van der Waals surface area (Å²) in [6, 6.07) is 11.5. The Labute approximate surface area is 159 Å². The molecule has 142 valence electrons. The van der Waals surface area contributed by atoms with Crippen LogP contribution < -0.4 is 11.1 Å². The summed E-state index contributed by atoms with van der Waals surface area (Å²) in [5.41, 5.74) is 6.96. The number of halogens is 3. The highest BCUT2D eigenvalue weighted by molar-refractivity contribution is 5.85. The van der Waals surface area contributed by atoms with Gasteiger partial charge in [-0.25, -0.2) is 8.78 Å². The predicted octanol–water partition coefficient (Wildman–Crippen LogP) is 4.50. The molecule has 0 unspecified atom stereocenters. The van der Waals surface area contributed by atoms with Gasteiger partial charge < -0.3 is 11.1 Å². The first-order valence-electron chi connectivity index (χ1n) is 8.60. The SMILES string of the molecule is Cl.NCCCCCCC(=O)NC(c1ccc(F)cc1)c1ccc(F)cc1. The monoisotopic (exact) mass is 382 g/mol. The van der Waals surface area contributed by atoms with Crippen molar-refractivity contribution in [1.29, 1.82) is 0 Å². The summed E-state index contributed by atoms with van der Waals surface area (Å²) < 4.78 is 26.4. The van der Waals surface area contributed by atoms with Gasteiger partial charge in [0.05, 0.1) is 6.04 Å². The van der Waals surface area contributed by atoms with Gasteiger partial charge in [-0.1, -0.05) is 37.1 Å². The van der Waals surface area contributed by atoms with Crippen molar-refractivity contribution in [3.05, 3.63) is 71.3 Å². The van der Waals surface area contributed by atoms with Crippen molar-refractivity contribution in [3.8, 4) is 0 Å². The zero-order chi connectivity index (χ0) is 18.1. The van der Waals surface area contributed by atoms with Crippen molar-refractivity contribution < 1.29 is 13.6 Å². The van der Waals surface area contributed by atoms with Crippen LogP contribution >= 0.6 is 12.4 Å². The summed E-state index contributed by atoms with van der Waals surface area (Å²) >= 11 is 0. The van der Waals surface area contributed by atoms with Crippen LogP contribution in [0.5, 0.6) is 0 Å². The minimum Gasteiger partial charge on any atom is -0.345 e. The van der Waals surface area contributed by atoms with Crippen LogP contribution in [0.4, 0.5) is 8.78 Å². The summed E-state index contributed by atoms with van der Waals surface area (Å²) in [5.74, 6) is -0.757. The molecule has 2 aromatic carbocycles. The Kier molecular flexibility index (Phi) is 9.84. The van der Waals surface area contributed by atoms with Crippen molar-refractivity contribution in [2.45, 2.75) is 38.1 Å². The van der Waals surface area contributed by atoms with E-state index in [1.165, 1.54) is 24.3 Å². The van der Waals surface area contributed by atoms with Gasteiger partial charge in [-0.15, -0.1) is 12.4 Å². The highest BCUT2D eigenvalue weighted by Gasteiger charge is 2.17. The van der Waals surface area contributed by atoms with Crippen LogP contribution in [-0.4, -0.2) is 12.5 Å². The maximum absolute atomic E-state index is 13.2. The Morgan fingerprint density at radius 2 is 1.31 bits per heavy atom. The smallest absolute Gasteiger partial charge is 0.220 e. The predicted molar refractivity (Wildman–Crippen MR) is 102 cm³/mol. The highest BCUT2D eigenvalue weighted by atomic mass is 35.5. The number of nitrogens with one attached hydrogen (secondary N) is 1. The molecule has 1 amide bonds. The second kappa shape index (κ2) is 11.6. The van der Waals surface area contributed by atoms with Crippen molar-refractivity contribution in [2.24, 2.45) is 5.73 Å². The first-order valence-corrected chi connectivity index (χ1v) is 8.60. The third kappa shape index (κ3) is 7.10. The summed E-state index contributed by atoms with van der Waals surface area (Å²) in [6.07, 6.45) is 4.16. The van der Waals surface area contributed by atoms with Gasteiger partial charge in [0.15, 0.2) is 0 Å². The molecule has 2 aromatic rings. The van der Waals surface area contributed by atoms with E-state index >= 15 is 0 Å². The normalized spacial score (nSPS) is 10.5. The molecular formula is C20H25ClF2N2O. The van der Waals surface area contributed by atoms with E-state index in [9.17, 15) is 13.6 Å². The van der Waals surface area contributed by atoms with Crippen LogP contribution in [0.25, 0.3) is 0 Å². The van der Waals surface area contributed by atoms with E-state index in [0.717, 1.165) is 36.8 Å². The zero-order valence-corrected chi connectivity index (χ0v) is 15.4. The van der Waals surface area contributed by atoms with Crippen molar-refractivity contribution in [2.75, 3.05) is 6.54 Å². The molecule has 3 nitrogen and oxygen atoms in total. The van der Waals surface area contributed by atoms with Gasteiger partial charge in [0.1, 0.15) is 11.6 Å². The molecular weight excluding hydrogens is 358 g/mol. The Morgan fingerprint density at radius 1 is 0.846 bits per heavy atom. The average Bonchev–Trinajstić information content (AvgIpc) is 2.61. The van der Waals surface area contributed by atoms with Crippen molar-refractivity contribution >= 4 is 18.3 Å². The molecule has 6 heteroatoms. The van der Waals surface area contributed by atoms with E-state index < -0.39 is 6.04 Å². The number of unbranched alkanes of at least 4 members (excludes halogenated alkanes) is 3. The Balaban J connectivity index is 0.00000338. The van der Waals surface area contributed by atoms with Crippen LogP contribution in [0.3, 0.4) is 0 Å². The number of hydrogen-bond donors (Lipinski definition) is 2. The number of carbonyl (C=O) groups excluding carboxylic acids is 1. The maximum Gasteiger partial charge on any atom is 0.220 e. The van der Waals surface area contributed by atoms with Crippen LogP contribution in [0, 0.1) is 11.6 Å². The molecule has 2 rings (SSSR count). The Hall–Kier alpha value is -1.98. The third-order valence-electron chi connectivity index (χ3n) is 4.07. The summed E-state index contributed by atoms with van der Waals surface area (Å²) in [4.78, 5) is 12.3. The van der Waals surface area contributed by atoms with Gasteiger partial charge in [-0.3, -0.25) is 4.79 Å². The van der Waals surface area contributed by atoms with Gasteiger partial charge in [-0.2, -0.15) is 0 Å². The van der Waals surface area contributed by atoms with E-state index in [-0.39, 0.29) is 29.9 Å². The molecule has 0 aromatic heterocycles. The van der Waals surface area contributed by atoms with Crippen LogP contribution in [-0.2, 0) is 4.79 Å². The van der Waals surface area contributed by atoms with E-state index in [0.29, 0.717) is 13.0 Å². The lowest BCUT2D eigenvalue weighted by Gasteiger charge is -2.20. The number of benzene rings is 2. The fourth-order valence-electron chi connectivity index (χ4n) is 2.69. The topological polar surface area (TPSA) is 55.1 Å². The second-order valence-corrected chi connectivity index (χ2v) is 6.06. The molecule has 0 spiro atoms. The summed E-state index contributed by atoms with van der Waals surface area (Å²) in [5, 5.41) is 2.97. The standard InChI is InChI=1S/C20H24F2N2O.ClH/c21-17-10-6-15(7-11-17)20(16-8-12-18(22)13-9-16)24-19(25)5-3-1-2-4-14-23;/h6-13,20H,1-5,14,23H2,(H,24,25);1H. The summed E-state index contributed by atoms with van der Waals surface area (Å²) in [6.45, 7) is 0.670. The number of nitrogens with two attached hydrogens (primary N) is 1. The Bertz CT molecular complexity index is 617. The van der Waals surface area contributed by atoms with Crippen molar-refractivity contribution in [1.82, 2.24) is 5.32 Å². The molecule has 0 radical (unpaired) electrons. The minimum absolute atomic E-state index is 0. The maximum atomic E-state index is 13.2. The molecule has 3 N–H and O–H groups in total. The molecule has 0 aliphatic rings. The van der Waals surface area contributed by atoms with E-state index in [2.05, 4.69) is 5.32 Å². The highest BCUT2D eigenvalue weighted by Crippen LogP contribution is 2.23. The minimum atomic E-state index is -0.433. The lowest BCUT2D eigenvalue weighted by Crippen LogP contribution is -2.29. The first kappa shape index (κ1) is 22.1. The molecule has 0 bridgehead atoms. The van der Waals surface area contributed by atoms with Crippen LogP contribution in [0.15, 0.2) is 48.5 Å². The molecule has 0 atom stereocenters. The van der Waals surface area contributed by atoms with Gasteiger partial charge in [-0.05, 0) is 54.8 Å². The molecule has 26 heavy (non-hydrogen) atoms. The van der Waals surface area contributed by atoms with Gasteiger partial charge >= 0.3 is 0 Å². The van der Waals surface area contributed by atoms with Gasteiger partial charge in [0.25, 0.3) is 0 Å². The molecule has 0 aliphatic carbocycles. The quantitative estimate of drug-likeness (QED) is 0.627. The largest absolute Gasteiger partial charge is 0.345 e. The fraction of sp³-hybridized carbons (Fsp3) is 0.350. The van der Waals surface area contributed by atoms with Gasteiger partial charge in [0.2, 0.25) is 5.91 Å². The zero-order valence-electron chi connectivity index (χ0n) is 14.6. The van der Waals surface area contributed by atoms with Crippen molar-refractivity contribution in [3.63, 3.8) is 0 Å². The van der Waals surface area contributed by atoms with E-state index in [1.54, 1.807) is 24.3 Å². The van der Waals surface area contributed by atoms with E-state index in [4.69, 9.17) is 5.73 Å². The van der Waals surface area contributed by atoms with Crippen LogP contribution in [0.2, 0.25) is 0 Å². The second-order valence-electron chi connectivity index (χ2n) is 6.06. The first-order chi connectivity index (χ1) is 12.1. The average molecular weight is 383 g/mol. The van der Waals surface area contributed by atoms with Crippen LogP contribution in [0.1, 0.15) is 49.3 Å². The fourth-order valence-corrected chi connectivity index (χ4v) is 2.69. The molecule has 0 heterocycles. The van der Waals surface area contributed by atoms with Gasteiger partial charge in [0, 0.05) is 6.42 Å². The molecule has 0 saturated heterocycles. The lowest BCUT2D eigenvalue weighted by molar-refractivity contribution is -0.121.